The summed E-state index contributed by atoms with van der Waals surface area (Å²) in [6.07, 6.45) is 3.28. The molecule has 110 valence electrons. The molecule has 0 unspecified atom stereocenters. The van der Waals surface area contributed by atoms with E-state index in [2.05, 4.69) is 57.7 Å². The summed E-state index contributed by atoms with van der Waals surface area (Å²) in [7, 11) is 0. The highest BCUT2D eigenvalue weighted by Crippen LogP contribution is 2.32. The number of nitrogens with one attached hydrogen (secondary N) is 1. The van der Waals surface area contributed by atoms with E-state index in [0.29, 0.717) is 5.95 Å². The van der Waals surface area contributed by atoms with E-state index in [1.54, 1.807) is 0 Å². The molecule has 1 aliphatic heterocycles. The van der Waals surface area contributed by atoms with Crippen LogP contribution >= 0.6 is 0 Å². The van der Waals surface area contributed by atoms with Gasteiger partial charge in [-0.2, -0.15) is 4.98 Å². The van der Waals surface area contributed by atoms with Crippen molar-refractivity contribution >= 4 is 22.5 Å². The largest absolute Gasteiger partial charge is 0.370 e. The molecular formula is C18H18N4. The van der Waals surface area contributed by atoms with Gasteiger partial charge in [-0.15, -0.1) is 0 Å². The second-order valence-electron chi connectivity index (χ2n) is 5.70. The third-order valence-electron chi connectivity index (χ3n) is 4.19. The summed E-state index contributed by atoms with van der Waals surface area (Å²) in [5.74, 6) is 1.23. The van der Waals surface area contributed by atoms with Crippen molar-refractivity contribution in [1.82, 2.24) is 9.97 Å². The van der Waals surface area contributed by atoms with Gasteiger partial charge in [0.25, 0.3) is 0 Å². The summed E-state index contributed by atoms with van der Waals surface area (Å²) in [5, 5.41) is 5.83. The Kier molecular flexibility index (Phi) is 3.15. The lowest BCUT2D eigenvalue weighted by molar-refractivity contribution is 0.785. The molecule has 2 heterocycles. The van der Waals surface area contributed by atoms with Gasteiger partial charge in [0.05, 0.1) is 5.69 Å². The highest BCUT2D eigenvalue weighted by Gasteiger charge is 2.17. The van der Waals surface area contributed by atoms with Crippen molar-refractivity contribution in [3.63, 3.8) is 0 Å². The maximum absolute atomic E-state index is 5.92. The van der Waals surface area contributed by atoms with Gasteiger partial charge in [0.1, 0.15) is 5.82 Å². The van der Waals surface area contributed by atoms with Crippen LogP contribution in [0.3, 0.4) is 0 Å². The number of rotatable bonds is 1. The number of fused-ring (bicyclic) bond motifs is 2. The number of anilines is 2. The fraction of sp³-hybridized carbons (Fsp3) is 0.222. The van der Waals surface area contributed by atoms with Gasteiger partial charge < -0.3 is 11.1 Å². The predicted molar refractivity (Wildman–Crippen MR) is 90.8 cm³/mol. The zero-order valence-electron chi connectivity index (χ0n) is 12.3. The summed E-state index contributed by atoms with van der Waals surface area (Å²) in [6, 6.07) is 14.8. The molecule has 0 aliphatic carbocycles. The van der Waals surface area contributed by atoms with Crippen LogP contribution in [-0.4, -0.2) is 16.5 Å². The van der Waals surface area contributed by atoms with E-state index < -0.39 is 0 Å². The number of hydrogen-bond acceptors (Lipinski definition) is 4. The lowest BCUT2D eigenvalue weighted by atomic mass is 9.99. The number of aromatic nitrogens is 2. The maximum atomic E-state index is 5.92. The fourth-order valence-electron chi connectivity index (χ4n) is 3.09. The molecule has 1 aliphatic rings. The summed E-state index contributed by atoms with van der Waals surface area (Å²) in [6.45, 7) is 0.945. The van der Waals surface area contributed by atoms with Crippen LogP contribution < -0.4 is 11.1 Å². The topological polar surface area (TPSA) is 63.8 Å². The molecular weight excluding hydrogens is 272 g/mol. The fourth-order valence-corrected chi connectivity index (χ4v) is 3.09. The van der Waals surface area contributed by atoms with Crippen LogP contribution in [0.25, 0.3) is 22.0 Å². The van der Waals surface area contributed by atoms with Crippen LogP contribution in [0, 0.1) is 0 Å². The molecule has 0 saturated heterocycles. The Morgan fingerprint density at radius 3 is 2.73 bits per heavy atom. The van der Waals surface area contributed by atoms with Gasteiger partial charge in [-0.05, 0) is 36.1 Å². The average molecular weight is 290 g/mol. The van der Waals surface area contributed by atoms with E-state index >= 15 is 0 Å². The Labute approximate surface area is 129 Å². The monoisotopic (exact) mass is 290 g/mol. The van der Waals surface area contributed by atoms with Crippen molar-refractivity contribution < 1.29 is 0 Å². The molecule has 4 rings (SSSR count). The predicted octanol–water partition coefficient (Wildman–Crippen LogP) is 3.63. The molecule has 0 saturated carbocycles. The Bertz CT molecular complexity index is 842. The molecule has 22 heavy (non-hydrogen) atoms. The molecule has 1 aromatic heterocycles. The number of nitrogen functional groups attached to an aromatic ring is 1. The zero-order valence-corrected chi connectivity index (χ0v) is 12.3. The standard InChI is InChI=1S/C18H18N4/c19-18-21-16(15-7-3-4-10-20-17(15)22-18)14-9-8-12-5-1-2-6-13(12)11-14/h1-2,5-6,8-9,11H,3-4,7,10H2,(H3,19,20,21,22). The molecule has 3 aromatic rings. The molecule has 0 fully saturated rings. The van der Waals surface area contributed by atoms with Crippen LogP contribution in [0.1, 0.15) is 18.4 Å². The molecule has 2 aromatic carbocycles. The zero-order chi connectivity index (χ0) is 14.9. The van der Waals surface area contributed by atoms with Crippen molar-refractivity contribution in [3.8, 4) is 11.3 Å². The van der Waals surface area contributed by atoms with E-state index in [1.165, 1.54) is 16.3 Å². The number of hydrogen-bond donors (Lipinski definition) is 2. The Balaban J connectivity index is 1.91. The minimum atomic E-state index is 0.330. The van der Waals surface area contributed by atoms with Crippen LogP contribution in [0.15, 0.2) is 42.5 Å². The normalized spacial score (nSPS) is 14.2. The molecule has 3 N–H and O–H groups in total. The van der Waals surface area contributed by atoms with E-state index in [9.17, 15) is 0 Å². The van der Waals surface area contributed by atoms with Crippen LogP contribution in [0.5, 0.6) is 0 Å². The minimum Gasteiger partial charge on any atom is -0.370 e. The van der Waals surface area contributed by atoms with Gasteiger partial charge in [0.15, 0.2) is 0 Å². The number of benzene rings is 2. The van der Waals surface area contributed by atoms with E-state index in [4.69, 9.17) is 5.73 Å². The molecule has 4 heteroatoms. The lowest BCUT2D eigenvalue weighted by Gasteiger charge is -2.13. The molecule has 4 nitrogen and oxygen atoms in total. The van der Waals surface area contributed by atoms with Gasteiger partial charge in [0.2, 0.25) is 5.95 Å². The van der Waals surface area contributed by atoms with Crippen LogP contribution in [-0.2, 0) is 6.42 Å². The van der Waals surface area contributed by atoms with Crippen LogP contribution in [0.4, 0.5) is 11.8 Å². The first kappa shape index (κ1) is 13.1. The summed E-state index contributed by atoms with van der Waals surface area (Å²) in [5.41, 5.74) is 9.17. The summed E-state index contributed by atoms with van der Waals surface area (Å²) in [4.78, 5) is 8.91. The molecule has 0 bridgehead atoms. The Morgan fingerprint density at radius 2 is 1.82 bits per heavy atom. The first-order chi connectivity index (χ1) is 10.8. The number of nitrogens with zero attached hydrogens (tertiary/aromatic N) is 2. The molecule has 0 amide bonds. The second kappa shape index (κ2) is 5.30. The molecule has 0 atom stereocenters. The summed E-state index contributed by atoms with van der Waals surface area (Å²) < 4.78 is 0. The van der Waals surface area contributed by atoms with Gasteiger partial charge in [-0.1, -0.05) is 36.4 Å². The van der Waals surface area contributed by atoms with E-state index in [1.807, 2.05) is 0 Å². The van der Waals surface area contributed by atoms with Crippen molar-refractivity contribution in [3.05, 3.63) is 48.0 Å². The third-order valence-corrected chi connectivity index (χ3v) is 4.19. The van der Waals surface area contributed by atoms with Gasteiger partial charge in [0, 0.05) is 17.7 Å². The molecule has 0 radical (unpaired) electrons. The highest BCUT2D eigenvalue weighted by atomic mass is 15.1. The smallest absolute Gasteiger partial charge is 0.222 e. The van der Waals surface area contributed by atoms with Gasteiger partial charge >= 0.3 is 0 Å². The minimum absolute atomic E-state index is 0.330. The Morgan fingerprint density at radius 1 is 0.955 bits per heavy atom. The SMILES string of the molecule is Nc1nc2c(c(-c3ccc4ccccc4c3)n1)CCCCN2. The molecule has 0 spiro atoms. The van der Waals surface area contributed by atoms with Crippen molar-refractivity contribution in [2.45, 2.75) is 19.3 Å². The van der Waals surface area contributed by atoms with Crippen molar-refractivity contribution in [1.29, 1.82) is 0 Å². The highest BCUT2D eigenvalue weighted by molar-refractivity contribution is 5.87. The lowest BCUT2D eigenvalue weighted by Crippen LogP contribution is -2.07. The van der Waals surface area contributed by atoms with E-state index in [0.717, 1.165) is 42.9 Å². The average Bonchev–Trinajstić information content (AvgIpc) is 2.79. The first-order valence-electron chi connectivity index (χ1n) is 7.71. The van der Waals surface area contributed by atoms with Crippen molar-refractivity contribution in [2.24, 2.45) is 0 Å². The maximum Gasteiger partial charge on any atom is 0.222 e. The second-order valence-corrected chi connectivity index (χ2v) is 5.70. The van der Waals surface area contributed by atoms with Crippen molar-refractivity contribution in [2.75, 3.05) is 17.6 Å². The van der Waals surface area contributed by atoms with E-state index in [-0.39, 0.29) is 0 Å². The third kappa shape index (κ3) is 2.26. The number of nitrogens with two attached hydrogens (primary N) is 1. The van der Waals surface area contributed by atoms with Gasteiger partial charge in [-0.3, -0.25) is 0 Å². The van der Waals surface area contributed by atoms with Gasteiger partial charge in [-0.25, -0.2) is 4.98 Å². The quantitative estimate of drug-likeness (QED) is 0.718. The van der Waals surface area contributed by atoms with Crippen LogP contribution in [0.2, 0.25) is 0 Å². The first-order valence-corrected chi connectivity index (χ1v) is 7.71. The Hall–Kier alpha value is -2.62. The summed E-state index contributed by atoms with van der Waals surface area (Å²) >= 11 is 0.